The van der Waals surface area contributed by atoms with Crippen molar-refractivity contribution in [2.24, 2.45) is 7.05 Å². The van der Waals surface area contributed by atoms with Crippen LogP contribution in [0.4, 0.5) is 0 Å². The molecule has 0 spiro atoms. The van der Waals surface area contributed by atoms with Gasteiger partial charge in [0.05, 0.1) is 17.8 Å². The van der Waals surface area contributed by atoms with E-state index in [-0.39, 0.29) is 0 Å². The number of rotatable bonds is 5. The second-order valence-electron chi connectivity index (χ2n) is 4.12. The van der Waals surface area contributed by atoms with E-state index in [1.807, 2.05) is 31.6 Å². The van der Waals surface area contributed by atoms with Gasteiger partial charge in [0.2, 0.25) is 0 Å². The lowest BCUT2D eigenvalue weighted by Gasteiger charge is -2.12. The average molecular weight is 233 g/mol. The molecule has 0 radical (unpaired) electrons. The molecule has 0 aromatic carbocycles. The number of furan rings is 1. The maximum atomic E-state index is 5.87. The van der Waals surface area contributed by atoms with Crippen molar-refractivity contribution < 1.29 is 4.42 Å². The summed E-state index contributed by atoms with van der Waals surface area (Å²) in [7, 11) is 1.90. The Morgan fingerprint density at radius 2 is 2.24 bits per heavy atom. The molecule has 2 rings (SSSR count). The van der Waals surface area contributed by atoms with Crippen molar-refractivity contribution in [3.63, 3.8) is 0 Å². The SMILES string of the molecule is CCNC(CC)c1ccc(-c2cnn(C)c2)o1. The van der Waals surface area contributed by atoms with Crippen LogP contribution in [0.15, 0.2) is 28.9 Å². The molecule has 92 valence electrons. The Kier molecular flexibility index (Phi) is 3.64. The number of nitrogens with one attached hydrogen (secondary N) is 1. The highest BCUT2D eigenvalue weighted by molar-refractivity contribution is 5.55. The van der Waals surface area contributed by atoms with Gasteiger partial charge in [-0.1, -0.05) is 13.8 Å². The first-order valence-corrected chi connectivity index (χ1v) is 6.06. The molecule has 1 N–H and O–H groups in total. The third kappa shape index (κ3) is 2.58. The normalized spacial score (nSPS) is 12.9. The van der Waals surface area contributed by atoms with E-state index in [9.17, 15) is 0 Å². The van der Waals surface area contributed by atoms with Crippen molar-refractivity contribution in [3.05, 3.63) is 30.3 Å². The molecule has 1 atom stereocenters. The Balaban J connectivity index is 2.20. The molecule has 0 saturated heterocycles. The zero-order chi connectivity index (χ0) is 12.3. The molecule has 4 nitrogen and oxygen atoms in total. The van der Waals surface area contributed by atoms with Crippen LogP contribution in [0.2, 0.25) is 0 Å². The van der Waals surface area contributed by atoms with Crippen LogP contribution in [-0.2, 0) is 7.05 Å². The van der Waals surface area contributed by atoms with Crippen LogP contribution in [-0.4, -0.2) is 16.3 Å². The summed E-state index contributed by atoms with van der Waals surface area (Å²) >= 11 is 0. The topological polar surface area (TPSA) is 43.0 Å². The van der Waals surface area contributed by atoms with E-state index in [0.29, 0.717) is 6.04 Å². The predicted octanol–water partition coefficient (Wildman–Crippen LogP) is 2.74. The van der Waals surface area contributed by atoms with Crippen LogP contribution < -0.4 is 5.32 Å². The lowest BCUT2D eigenvalue weighted by molar-refractivity contribution is 0.417. The van der Waals surface area contributed by atoms with Gasteiger partial charge in [-0.15, -0.1) is 0 Å². The fourth-order valence-electron chi connectivity index (χ4n) is 1.94. The quantitative estimate of drug-likeness (QED) is 0.863. The first-order valence-electron chi connectivity index (χ1n) is 6.06. The van der Waals surface area contributed by atoms with E-state index in [0.717, 1.165) is 30.0 Å². The Morgan fingerprint density at radius 3 is 2.82 bits per heavy atom. The minimum atomic E-state index is 0.297. The maximum absolute atomic E-state index is 5.87. The molecule has 17 heavy (non-hydrogen) atoms. The van der Waals surface area contributed by atoms with E-state index in [2.05, 4.69) is 24.3 Å². The molecule has 1 unspecified atom stereocenters. The van der Waals surface area contributed by atoms with Gasteiger partial charge in [-0.25, -0.2) is 0 Å². The molecule has 0 bridgehead atoms. The van der Waals surface area contributed by atoms with E-state index in [4.69, 9.17) is 4.42 Å². The van der Waals surface area contributed by atoms with Gasteiger partial charge in [-0.05, 0) is 25.1 Å². The highest BCUT2D eigenvalue weighted by Crippen LogP contribution is 2.26. The van der Waals surface area contributed by atoms with Gasteiger partial charge in [0.15, 0.2) is 0 Å². The molecular weight excluding hydrogens is 214 g/mol. The maximum Gasteiger partial charge on any atom is 0.137 e. The summed E-state index contributed by atoms with van der Waals surface area (Å²) < 4.78 is 7.65. The fraction of sp³-hybridized carbons (Fsp3) is 0.462. The zero-order valence-electron chi connectivity index (χ0n) is 10.6. The third-order valence-corrected chi connectivity index (χ3v) is 2.82. The van der Waals surface area contributed by atoms with Gasteiger partial charge >= 0.3 is 0 Å². The first-order chi connectivity index (χ1) is 8.24. The second-order valence-corrected chi connectivity index (χ2v) is 4.12. The number of hydrogen-bond acceptors (Lipinski definition) is 3. The van der Waals surface area contributed by atoms with Gasteiger partial charge in [-0.3, -0.25) is 4.68 Å². The molecule has 2 heterocycles. The van der Waals surface area contributed by atoms with Crippen molar-refractivity contribution in [2.75, 3.05) is 6.54 Å². The van der Waals surface area contributed by atoms with Gasteiger partial charge in [-0.2, -0.15) is 5.10 Å². The summed E-state index contributed by atoms with van der Waals surface area (Å²) in [5.74, 6) is 1.87. The molecule has 0 amide bonds. The van der Waals surface area contributed by atoms with Crippen LogP contribution in [0.3, 0.4) is 0 Å². The summed E-state index contributed by atoms with van der Waals surface area (Å²) in [4.78, 5) is 0. The highest BCUT2D eigenvalue weighted by Gasteiger charge is 2.13. The molecule has 0 aliphatic heterocycles. The van der Waals surface area contributed by atoms with Gasteiger partial charge in [0.25, 0.3) is 0 Å². The number of aryl methyl sites for hydroxylation is 1. The molecule has 0 saturated carbocycles. The molecule has 4 heteroatoms. The van der Waals surface area contributed by atoms with Gasteiger partial charge in [0, 0.05) is 13.2 Å². The average Bonchev–Trinajstić information content (AvgIpc) is 2.94. The number of nitrogens with zero attached hydrogens (tertiary/aromatic N) is 2. The Labute approximate surface area is 102 Å². The molecule has 0 fully saturated rings. The van der Waals surface area contributed by atoms with Crippen molar-refractivity contribution in [1.29, 1.82) is 0 Å². The number of aromatic nitrogens is 2. The van der Waals surface area contributed by atoms with E-state index in [1.54, 1.807) is 4.68 Å². The highest BCUT2D eigenvalue weighted by atomic mass is 16.3. The smallest absolute Gasteiger partial charge is 0.137 e. The van der Waals surface area contributed by atoms with Crippen LogP contribution in [0.25, 0.3) is 11.3 Å². The Morgan fingerprint density at radius 1 is 1.41 bits per heavy atom. The van der Waals surface area contributed by atoms with Crippen molar-refractivity contribution >= 4 is 0 Å². The molecule has 2 aromatic rings. The van der Waals surface area contributed by atoms with Crippen LogP contribution in [0.1, 0.15) is 32.1 Å². The summed E-state index contributed by atoms with van der Waals surface area (Å²) in [6.45, 7) is 5.20. The summed E-state index contributed by atoms with van der Waals surface area (Å²) in [6, 6.07) is 4.34. The molecule has 2 aromatic heterocycles. The Bertz CT molecular complexity index is 472. The zero-order valence-corrected chi connectivity index (χ0v) is 10.6. The van der Waals surface area contributed by atoms with Gasteiger partial charge in [0.1, 0.15) is 11.5 Å². The molecular formula is C13H19N3O. The minimum Gasteiger partial charge on any atom is -0.459 e. The third-order valence-electron chi connectivity index (χ3n) is 2.82. The molecule has 0 aliphatic carbocycles. The van der Waals surface area contributed by atoms with Crippen molar-refractivity contribution in [3.8, 4) is 11.3 Å². The number of hydrogen-bond donors (Lipinski definition) is 1. The lowest BCUT2D eigenvalue weighted by atomic mass is 10.2. The second kappa shape index (κ2) is 5.19. The van der Waals surface area contributed by atoms with Crippen LogP contribution in [0.5, 0.6) is 0 Å². The minimum absolute atomic E-state index is 0.297. The monoisotopic (exact) mass is 233 g/mol. The van der Waals surface area contributed by atoms with Crippen LogP contribution in [0, 0.1) is 0 Å². The van der Waals surface area contributed by atoms with E-state index in [1.165, 1.54) is 0 Å². The van der Waals surface area contributed by atoms with Crippen LogP contribution >= 0.6 is 0 Å². The first kappa shape index (κ1) is 11.9. The summed E-state index contributed by atoms with van der Waals surface area (Å²) in [6.07, 6.45) is 4.79. The fourth-order valence-corrected chi connectivity index (χ4v) is 1.94. The van der Waals surface area contributed by atoms with Crippen molar-refractivity contribution in [1.82, 2.24) is 15.1 Å². The lowest BCUT2D eigenvalue weighted by Crippen LogP contribution is -2.19. The molecule has 0 aliphatic rings. The van der Waals surface area contributed by atoms with E-state index < -0.39 is 0 Å². The largest absolute Gasteiger partial charge is 0.459 e. The van der Waals surface area contributed by atoms with Crippen molar-refractivity contribution in [2.45, 2.75) is 26.3 Å². The summed E-state index contributed by atoms with van der Waals surface area (Å²) in [5.41, 5.74) is 1.02. The standard InChI is InChI=1S/C13H19N3O/c1-4-11(14-5-2)13-7-6-12(17-13)10-8-15-16(3)9-10/h6-9,11,14H,4-5H2,1-3H3. The predicted molar refractivity (Wildman–Crippen MR) is 67.6 cm³/mol. The Hall–Kier alpha value is -1.55. The summed E-state index contributed by atoms with van der Waals surface area (Å²) in [5, 5.41) is 7.55. The van der Waals surface area contributed by atoms with Gasteiger partial charge < -0.3 is 9.73 Å². The van der Waals surface area contributed by atoms with E-state index >= 15 is 0 Å².